The molecule has 0 atom stereocenters. The van der Waals surface area contributed by atoms with E-state index < -0.39 is 0 Å². The van der Waals surface area contributed by atoms with Crippen molar-refractivity contribution in [1.29, 1.82) is 0 Å². The minimum atomic E-state index is -0.318. The van der Waals surface area contributed by atoms with Crippen LogP contribution in [-0.4, -0.2) is 12.1 Å². The van der Waals surface area contributed by atoms with Gasteiger partial charge in [0.1, 0.15) is 5.60 Å². The summed E-state index contributed by atoms with van der Waals surface area (Å²) in [6.07, 6.45) is 0. The highest BCUT2D eigenvalue weighted by atomic mass is 127. The summed E-state index contributed by atoms with van der Waals surface area (Å²) in [7, 11) is 0. The number of rotatable bonds is 1. The van der Waals surface area contributed by atoms with Gasteiger partial charge in [-0.2, -0.15) is 0 Å². The van der Waals surface area contributed by atoms with Crippen LogP contribution in [0.3, 0.4) is 0 Å². The average Bonchev–Trinajstić information content (AvgIpc) is 2.65. The molecule has 0 unspecified atom stereocenters. The third kappa shape index (κ3) is 5.12. The normalized spacial score (nSPS) is 13.4. The molecule has 0 aromatic heterocycles. The Morgan fingerprint density at radius 2 is 1.89 bits per heavy atom. The number of carbonyl (C=O) groups excluding carboxylic acids is 1. The monoisotopic (exact) mass is 381 g/mol. The Morgan fingerprint density at radius 3 is 2.33 bits per heavy atom. The van der Waals surface area contributed by atoms with Gasteiger partial charge in [-0.1, -0.05) is 11.6 Å². The highest BCUT2D eigenvalue weighted by Crippen LogP contribution is 2.25. The second-order valence-electron chi connectivity index (χ2n) is 4.97. The summed E-state index contributed by atoms with van der Waals surface area (Å²) in [5, 5.41) is 4.15. The molecular formula is C13H17ClINO2. The summed E-state index contributed by atoms with van der Waals surface area (Å²) < 4.78 is 5.69. The van der Waals surface area contributed by atoms with Crippen molar-refractivity contribution in [1.82, 2.24) is 5.32 Å². The summed E-state index contributed by atoms with van der Waals surface area (Å²) in [5.74, 6) is 0. The Balaban J connectivity index is 0.000000203. The molecular weight excluding hydrogens is 365 g/mol. The van der Waals surface area contributed by atoms with E-state index in [0.717, 1.165) is 21.7 Å². The molecule has 3 nitrogen and oxygen atoms in total. The summed E-state index contributed by atoms with van der Waals surface area (Å²) in [5.41, 5.74) is 2.41. The molecule has 100 valence electrons. The second kappa shape index (κ2) is 6.73. The van der Waals surface area contributed by atoms with Gasteiger partial charge in [0.05, 0.1) is 5.02 Å². The molecule has 0 radical (unpaired) electrons. The van der Waals surface area contributed by atoms with Crippen molar-refractivity contribution >= 4 is 40.7 Å². The van der Waals surface area contributed by atoms with Gasteiger partial charge in [-0.05, 0) is 66.6 Å². The van der Waals surface area contributed by atoms with Crippen LogP contribution in [-0.2, 0) is 22.6 Å². The molecule has 1 aliphatic rings. The van der Waals surface area contributed by atoms with Gasteiger partial charge in [-0.3, -0.25) is 4.79 Å². The van der Waals surface area contributed by atoms with Gasteiger partial charge in [0, 0.05) is 16.7 Å². The Bertz CT molecular complexity index is 401. The zero-order chi connectivity index (χ0) is 13.8. The van der Waals surface area contributed by atoms with Crippen LogP contribution >= 0.6 is 34.2 Å². The molecule has 1 aliphatic heterocycles. The van der Waals surface area contributed by atoms with Crippen molar-refractivity contribution in [3.05, 3.63) is 31.9 Å². The van der Waals surface area contributed by atoms with E-state index in [0.29, 0.717) is 6.47 Å². The lowest BCUT2D eigenvalue weighted by atomic mass is 10.1. The summed E-state index contributed by atoms with van der Waals surface area (Å²) in [6, 6.07) is 4.21. The highest BCUT2D eigenvalue weighted by molar-refractivity contribution is 14.1. The van der Waals surface area contributed by atoms with E-state index >= 15 is 0 Å². The smallest absolute Gasteiger partial charge is 0.293 e. The molecule has 0 saturated heterocycles. The van der Waals surface area contributed by atoms with Gasteiger partial charge >= 0.3 is 0 Å². The van der Waals surface area contributed by atoms with Crippen LogP contribution in [0.2, 0.25) is 5.02 Å². The van der Waals surface area contributed by atoms with Gasteiger partial charge in [0.15, 0.2) is 0 Å². The van der Waals surface area contributed by atoms with Crippen molar-refractivity contribution in [2.45, 2.75) is 39.5 Å². The van der Waals surface area contributed by atoms with Crippen LogP contribution in [0.5, 0.6) is 0 Å². The molecule has 5 heteroatoms. The van der Waals surface area contributed by atoms with Crippen LogP contribution in [0.25, 0.3) is 0 Å². The molecule has 0 bridgehead atoms. The fourth-order valence-corrected chi connectivity index (χ4v) is 2.15. The minimum Gasteiger partial charge on any atom is -0.462 e. The van der Waals surface area contributed by atoms with Gasteiger partial charge in [-0.25, -0.2) is 0 Å². The van der Waals surface area contributed by atoms with E-state index in [1.54, 1.807) is 0 Å². The Labute approximate surface area is 126 Å². The molecule has 1 N–H and O–H groups in total. The number of halogens is 2. The first-order valence-electron chi connectivity index (χ1n) is 5.62. The summed E-state index contributed by atoms with van der Waals surface area (Å²) in [6.45, 7) is 7.87. The fraction of sp³-hybridized carbons (Fsp3) is 0.462. The van der Waals surface area contributed by atoms with E-state index in [1.165, 1.54) is 11.1 Å². The third-order valence-electron chi connectivity index (χ3n) is 2.28. The number of hydrogen-bond acceptors (Lipinski definition) is 3. The lowest BCUT2D eigenvalue weighted by Crippen LogP contribution is -2.17. The lowest BCUT2D eigenvalue weighted by molar-refractivity contribution is -0.138. The maximum atomic E-state index is 9.60. The first-order chi connectivity index (χ1) is 8.33. The van der Waals surface area contributed by atoms with Crippen LogP contribution in [0, 0.1) is 3.57 Å². The number of carbonyl (C=O) groups is 1. The summed E-state index contributed by atoms with van der Waals surface area (Å²) in [4.78, 5) is 9.60. The van der Waals surface area contributed by atoms with Gasteiger partial charge in [-0.15, -0.1) is 0 Å². The van der Waals surface area contributed by atoms with Crippen LogP contribution in [0.4, 0.5) is 0 Å². The lowest BCUT2D eigenvalue weighted by Gasteiger charge is -2.14. The molecule has 0 aliphatic carbocycles. The molecule has 0 amide bonds. The standard InChI is InChI=1S/C8H7ClIN.C5H10O2/c9-7-1-5-3-11-4-6(5)2-8(7)10;1-5(2,3)7-4-6/h1-2,11H,3-4H2;4H,1-3H3. The number of benzene rings is 1. The van der Waals surface area contributed by atoms with Crippen molar-refractivity contribution in [3.63, 3.8) is 0 Å². The number of hydrogen-bond donors (Lipinski definition) is 1. The minimum absolute atomic E-state index is 0.318. The molecule has 18 heavy (non-hydrogen) atoms. The average molecular weight is 382 g/mol. The number of nitrogens with one attached hydrogen (secondary N) is 1. The van der Waals surface area contributed by atoms with E-state index in [9.17, 15) is 4.79 Å². The zero-order valence-electron chi connectivity index (χ0n) is 10.7. The molecule has 0 saturated carbocycles. The van der Waals surface area contributed by atoms with Crippen LogP contribution in [0.1, 0.15) is 31.9 Å². The van der Waals surface area contributed by atoms with Crippen molar-refractivity contribution in [2.24, 2.45) is 0 Å². The molecule has 0 fully saturated rings. The molecule has 1 heterocycles. The Morgan fingerprint density at radius 1 is 1.33 bits per heavy atom. The maximum Gasteiger partial charge on any atom is 0.293 e. The van der Waals surface area contributed by atoms with Gasteiger partial charge < -0.3 is 10.1 Å². The predicted octanol–water partition coefficient (Wildman–Crippen LogP) is 3.51. The largest absolute Gasteiger partial charge is 0.462 e. The molecule has 1 aromatic carbocycles. The first-order valence-corrected chi connectivity index (χ1v) is 7.08. The predicted molar refractivity (Wildman–Crippen MR) is 81.6 cm³/mol. The molecule has 0 spiro atoms. The van der Waals surface area contributed by atoms with Crippen molar-refractivity contribution in [2.75, 3.05) is 0 Å². The second-order valence-corrected chi connectivity index (χ2v) is 6.53. The van der Waals surface area contributed by atoms with Crippen molar-refractivity contribution < 1.29 is 9.53 Å². The van der Waals surface area contributed by atoms with E-state index in [1.807, 2.05) is 20.8 Å². The van der Waals surface area contributed by atoms with E-state index in [4.69, 9.17) is 11.6 Å². The topological polar surface area (TPSA) is 38.3 Å². The van der Waals surface area contributed by atoms with E-state index in [2.05, 4.69) is 44.8 Å². The Hall–Kier alpha value is -0.330. The number of fused-ring (bicyclic) bond motifs is 1. The van der Waals surface area contributed by atoms with Crippen LogP contribution < -0.4 is 5.32 Å². The molecule has 1 aromatic rings. The van der Waals surface area contributed by atoms with E-state index in [-0.39, 0.29) is 5.60 Å². The van der Waals surface area contributed by atoms with Crippen molar-refractivity contribution in [3.8, 4) is 0 Å². The fourth-order valence-electron chi connectivity index (χ4n) is 1.43. The summed E-state index contributed by atoms with van der Waals surface area (Å²) >= 11 is 8.22. The SMILES string of the molecule is CC(C)(C)OC=O.Clc1cc2c(cc1I)CNC2. The van der Waals surface area contributed by atoms with Gasteiger partial charge in [0.25, 0.3) is 6.47 Å². The van der Waals surface area contributed by atoms with Crippen LogP contribution in [0.15, 0.2) is 12.1 Å². The first kappa shape index (κ1) is 15.7. The molecule has 2 rings (SSSR count). The third-order valence-corrected chi connectivity index (χ3v) is 3.80. The quantitative estimate of drug-likeness (QED) is 0.598. The number of ether oxygens (including phenoxy) is 1. The van der Waals surface area contributed by atoms with Gasteiger partial charge in [0.2, 0.25) is 0 Å². The maximum absolute atomic E-state index is 9.60. The Kier molecular flexibility index (Phi) is 5.88. The zero-order valence-corrected chi connectivity index (χ0v) is 13.6. The highest BCUT2D eigenvalue weighted by Gasteiger charge is 2.11.